The number of carbonyl (C=O) groups excluding carboxylic acids is 1. The van der Waals surface area contributed by atoms with Gasteiger partial charge in [-0.15, -0.1) is 0 Å². The molecule has 0 aromatic heterocycles. The molecule has 144 valence electrons. The Labute approximate surface area is 151 Å². The molecule has 0 saturated carbocycles. The molecule has 0 aliphatic carbocycles. The van der Waals surface area contributed by atoms with Crippen LogP contribution in [-0.4, -0.2) is 49.1 Å². The van der Waals surface area contributed by atoms with Crippen LogP contribution in [0.4, 0.5) is 18.9 Å². The van der Waals surface area contributed by atoms with Gasteiger partial charge in [0.2, 0.25) is 5.91 Å². The highest BCUT2D eigenvalue weighted by Crippen LogP contribution is 2.31. The van der Waals surface area contributed by atoms with Crippen molar-refractivity contribution >= 4 is 11.6 Å². The zero-order chi connectivity index (χ0) is 18.7. The van der Waals surface area contributed by atoms with Crippen molar-refractivity contribution in [2.24, 2.45) is 0 Å². The molecule has 0 bridgehead atoms. The average Bonchev–Trinajstić information content (AvgIpc) is 3.10. The summed E-state index contributed by atoms with van der Waals surface area (Å²) in [5.74, 6) is 0.0693. The zero-order valence-electron chi connectivity index (χ0n) is 14.9. The molecule has 0 spiro atoms. The third kappa shape index (κ3) is 4.29. The van der Waals surface area contributed by atoms with Gasteiger partial charge in [0.05, 0.1) is 5.56 Å². The van der Waals surface area contributed by atoms with Crippen LogP contribution in [0.2, 0.25) is 0 Å². The molecule has 3 rings (SSSR count). The lowest BCUT2D eigenvalue weighted by Crippen LogP contribution is -2.53. The number of piperazine rings is 1. The van der Waals surface area contributed by atoms with E-state index >= 15 is 0 Å². The van der Waals surface area contributed by atoms with Gasteiger partial charge in [-0.25, -0.2) is 5.43 Å². The second-order valence-corrected chi connectivity index (χ2v) is 6.92. The van der Waals surface area contributed by atoms with Crippen LogP contribution in [0.15, 0.2) is 24.3 Å². The molecular formula is C18H25F3N4O. The Bertz CT molecular complexity index is 629. The van der Waals surface area contributed by atoms with Crippen molar-refractivity contribution in [2.45, 2.75) is 44.4 Å². The lowest BCUT2D eigenvalue weighted by molar-refractivity contribution is -0.137. The van der Waals surface area contributed by atoms with E-state index in [1.54, 1.807) is 11.0 Å². The number of nitrogens with one attached hydrogen (secondary N) is 2. The number of halogens is 3. The molecule has 2 saturated heterocycles. The summed E-state index contributed by atoms with van der Waals surface area (Å²) in [6.07, 6.45) is -1.47. The highest BCUT2D eigenvalue weighted by atomic mass is 19.4. The number of benzene rings is 1. The normalized spacial score (nSPS) is 24.2. The molecular weight excluding hydrogens is 345 g/mol. The molecule has 8 heteroatoms. The summed E-state index contributed by atoms with van der Waals surface area (Å²) < 4.78 is 38.6. The highest BCUT2D eigenvalue weighted by molar-refractivity contribution is 5.82. The predicted octanol–water partition coefficient (Wildman–Crippen LogP) is 2.39. The van der Waals surface area contributed by atoms with Gasteiger partial charge >= 0.3 is 6.18 Å². The van der Waals surface area contributed by atoms with Crippen LogP contribution >= 0.6 is 0 Å². The van der Waals surface area contributed by atoms with E-state index in [1.165, 1.54) is 12.1 Å². The maximum absolute atomic E-state index is 12.9. The summed E-state index contributed by atoms with van der Waals surface area (Å²) in [6.45, 7) is 4.22. The number of alkyl halides is 3. The molecule has 2 aliphatic heterocycles. The first-order valence-corrected chi connectivity index (χ1v) is 9.10. The molecule has 2 fully saturated rings. The van der Waals surface area contributed by atoms with E-state index in [4.69, 9.17) is 0 Å². The number of hydrogen-bond acceptors (Lipinski definition) is 4. The number of hydrogen-bond donors (Lipinski definition) is 2. The van der Waals surface area contributed by atoms with Crippen LogP contribution in [0.3, 0.4) is 0 Å². The Morgan fingerprint density at radius 3 is 2.58 bits per heavy atom. The van der Waals surface area contributed by atoms with Crippen LogP contribution in [-0.2, 0) is 11.0 Å². The zero-order valence-corrected chi connectivity index (χ0v) is 14.9. The van der Waals surface area contributed by atoms with Crippen molar-refractivity contribution in [1.82, 2.24) is 15.8 Å². The summed E-state index contributed by atoms with van der Waals surface area (Å²) in [5, 5.41) is 0. The molecule has 2 aliphatic rings. The Kier molecular flexibility index (Phi) is 5.72. The maximum Gasteiger partial charge on any atom is 0.416 e. The molecule has 1 aromatic carbocycles. The highest BCUT2D eigenvalue weighted by Gasteiger charge is 2.34. The van der Waals surface area contributed by atoms with E-state index in [9.17, 15) is 18.0 Å². The fraction of sp³-hybridized carbons (Fsp3) is 0.611. The Hall–Kier alpha value is -1.80. The van der Waals surface area contributed by atoms with Crippen LogP contribution in [0.25, 0.3) is 0 Å². The van der Waals surface area contributed by atoms with E-state index in [-0.39, 0.29) is 11.9 Å². The van der Waals surface area contributed by atoms with Crippen LogP contribution < -0.4 is 15.8 Å². The maximum atomic E-state index is 12.9. The number of nitrogens with zero attached hydrogens (tertiary/aromatic N) is 2. The van der Waals surface area contributed by atoms with Crippen molar-refractivity contribution in [2.75, 3.05) is 31.1 Å². The number of rotatable bonds is 4. The van der Waals surface area contributed by atoms with Crippen molar-refractivity contribution in [3.8, 4) is 0 Å². The second kappa shape index (κ2) is 7.84. The van der Waals surface area contributed by atoms with Crippen molar-refractivity contribution in [1.29, 1.82) is 0 Å². The fourth-order valence-corrected chi connectivity index (χ4v) is 3.61. The first-order valence-electron chi connectivity index (χ1n) is 9.10. The number of hydrazine groups is 1. The smallest absolute Gasteiger partial charge is 0.368 e. The summed E-state index contributed by atoms with van der Waals surface area (Å²) in [5.41, 5.74) is 6.15. The Morgan fingerprint density at radius 1 is 1.19 bits per heavy atom. The minimum Gasteiger partial charge on any atom is -0.368 e. The van der Waals surface area contributed by atoms with Gasteiger partial charge in [-0.05, 0) is 31.0 Å². The Balaban J connectivity index is 1.55. The van der Waals surface area contributed by atoms with Crippen molar-refractivity contribution in [3.05, 3.63) is 29.8 Å². The molecule has 2 unspecified atom stereocenters. The summed E-state index contributed by atoms with van der Waals surface area (Å²) in [4.78, 5) is 16.3. The van der Waals surface area contributed by atoms with E-state index in [1.807, 2.05) is 4.90 Å². The molecule has 1 aromatic rings. The summed E-state index contributed by atoms with van der Waals surface area (Å²) >= 11 is 0. The van der Waals surface area contributed by atoms with Gasteiger partial charge in [0.25, 0.3) is 0 Å². The van der Waals surface area contributed by atoms with Crippen LogP contribution in [0, 0.1) is 0 Å². The molecule has 2 N–H and O–H groups in total. The van der Waals surface area contributed by atoms with Gasteiger partial charge in [-0.2, -0.15) is 13.2 Å². The van der Waals surface area contributed by atoms with Gasteiger partial charge in [0.15, 0.2) is 0 Å². The van der Waals surface area contributed by atoms with Crippen molar-refractivity contribution < 1.29 is 18.0 Å². The molecule has 0 radical (unpaired) electrons. The monoisotopic (exact) mass is 370 g/mol. The number of anilines is 1. The molecule has 2 heterocycles. The minimum atomic E-state index is -4.34. The number of carbonyl (C=O) groups is 1. The lowest BCUT2D eigenvalue weighted by atomic mass is 10.0. The van der Waals surface area contributed by atoms with E-state index in [0.29, 0.717) is 37.9 Å². The van der Waals surface area contributed by atoms with Crippen LogP contribution in [0.1, 0.15) is 31.7 Å². The topological polar surface area (TPSA) is 47.6 Å². The quantitative estimate of drug-likeness (QED) is 0.855. The standard InChI is InChI=1S/C18H25F3N4O/c1-2-4-14-12-16(23-22-14)17(26)25-9-7-24(8-10-25)15-6-3-5-13(11-15)18(19,20)21/h3,5-6,11,14,16,22-23H,2,4,7-10,12H2,1H3. The van der Waals surface area contributed by atoms with E-state index in [0.717, 1.165) is 25.3 Å². The third-order valence-electron chi connectivity index (χ3n) is 5.05. The first-order chi connectivity index (χ1) is 12.4. The summed E-state index contributed by atoms with van der Waals surface area (Å²) in [6, 6.07) is 5.47. The van der Waals surface area contributed by atoms with Gasteiger partial charge in [0, 0.05) is 37.9 Å². The molecule has 5 nitrogen and oxygen atoms in total. The minimum absolute atomic E-state index is 0.0693. The van der Waals surface area contributed by atoms with Gasteiger partial charge in [0.1, 0.15) is 6.04 Å². The SMILES string of the molecule is CCCC1CC(C(=O)N2CCN(c3cccc(C(F)(F)F)c3)CC2)NN1. The predicted molar refractivity (Wildman–Crippen MR) is 93.6 cm³/mol. The second-order valence-electron chi connectivity index (χ2n) is 6.92. The van der Waals surface area contributed by atoms with Gasteiger partial charge in [-0.1, -0.05) is 19.4 Å². The van der Waals surface area contributed by atoms with Crippen LogP contribution in [0.5, 0.6) is 0 Å². The third-order valence-corrected chi connectivity index (χ3v) is 5.05. The molecule has 1 amide bonds. The summed E-state index contributed by atoms with van der Waals surface area (Å²) in [7, 11) is 0. The molecule has 26 heavy (non-hydrogen) atoms. The van der Waals surface area contributed by atoms with Gasteiger partial charge < -0.3 is 9.80 Å². The first kappa shape index (κ1) is 19.0. The number of amides is 1. The van der Waals surface area contributed by atoms with Crippen molar-refractivity contribution in [3.63, 3.8) is 0 Å². The van der Waals surface area contributed by atoms with E-state index in [2.05, 4.69) is 17.8 Å². The Morgan fingerprint density at radius 2 is 1.92 bits per heavy atom. The lowest BCUT2D eigenvalue weighted by Gasteiger charge is -2.37. The largest absolute Gasteiger partial charge is 0.416 e. The fourth-order valence-electron chi connectivity index (χ4n) is 3.61. The van der Waals surface area contributed by atoms with E-state index < -0.39 is 11.7 Å². The average molecular weight is 370 g/mol. The molecule has 2 atom stereocenters. The van der Waals surface area contributed by atoms with Gasteiger partial charge in [-0.3, -0.25) is 10.2 Å².